The Morgan fingerprint density at radius 1 is 1.04 bits per heavy atom. The summed E-state index contributed by atoms with van der Waals surface area (Å²) < 4.78 is 10.8. The van der Waals surface area contributed by atoms with Crippen molar-refractivity contribution in [1.29, 1.82) is 0 Å². The van der Waals surface area contributed by atoms with Crippen LogP contribution in [0.25, 0.3) is 0 Å². The number of ether oxygens (including phenoxy) is 2. The van der Waals surface area contributed by atoms with Crippen molar-refractivity contribution in [2.24, 2.45) is 0 Å². The third-order valence-electron chi connectivity index (χ3n) is 3.43. The molecule has 0 aromatic heterocycles. The van der Waals surface area contributed by atoms with Crippen molar-refractivity contribution >= 4 is 11.9 Å². The molecule has 1 N–H and O–H groups in total. The number of para-hydroxylation sites is 2. The Morgan fingerprint density at radius 2 is 1.71 bits per heavy atom. The van der Waals surface area contributed by atoms with Gasteiger partial charge in [-0.1, -0.05) is 37.3 Å². The van der Waals surface area contributed by atoms with Crippen molar-refractivity contribution in [1.82, 2.24) is 5.32 Å². The molecule has 0 saturated heterocycles. The Bertz CT molecular complexity index is 685. The molecule has 0 aliphatic heterocycles. The van der Waals surface area contributed by atoms with Gasteiger partial charge in [-0.2, -0.15) is 0 Å². The molecule has 0 unspecified atom stereocenters. The molecule has 1 atom stereocenters. The Balaban J connectivity index is 2.01. The first kappa shape index (κ1) is 17.5. The highest BCUT2D eigenvalue weighted by Crippen LogP contribution is 2.25. The molecular formula is C19H21NO4. The highest BCUT2D eigenvalue weighted by Gasteiger charge is 2.16. The number of carbonyl (C=O) groups excluding carboxylic acids is 2. The van der Waals surface area contributed by atoms with Crippen LogP contribution < -0.4 is 10.1 Å². The number of benzene rings is 2. The van der Waals surface area contributed by atoms with Gasteiger partial charge in [-0.15, -0.1) is 0 Å². The van der Waals surface area contributed by atoms with Gasteiger partial charge in [-0.3, -0.25) is 4.79 Å². The molecule has 5 heteroatoms. The minimum atomic E-state index is -0.596. The third kappa shape index (κ3) is 5.12. The summed E-state index contributed by atoms with van der Waals surface area (Å²) in [7, 11) is 0. The number of hydrogen-bond donors (Lipinski definition) is 1. The number of esters is 1. The van der Waals surface area contributed by atoms with E-state index in [2.05, 4.69) is 5.32 Å². The van der Waals surface area contributed by atoms with Crippen LogP contribution in [0.15, 0.2) is 54.6 Å². The second kappa shape index (κ2) is 8.72. The van der Waals surface area contributed by atoms with Crippen LogP contribution in [-0.4, -0.2) is 24.5 Å². The van der Waals surface area contributed by atoms with E-state index in [1.165, 1.54) is 0 Å². The molecule has 0 saturated carbocycles. The summed E-state index contributed by atoms with van der Waals surface area (Å²) in [6.45, 7) is 3.54. The van der Waals surface area contributed by atoms with Crippen molar-refractivity contribution in [2.45, 2.75) is 26.3 Å². The van der Waals surface area contributed by atoms with E-state index in [0.29, 0.717) is 11.5 Å². The monoisotopic (exact) mass is 327 g/mol. The van der Waals surface area contributed by atoms with Gasteiger partial charge in [0.15, 0.2) is 6.61 Å². The van der Waals surface area contributed by atoms with E-state index in [1.54, 1.807) is 36.4 Å². The molecule has 0 heterocycles. The van der Waals surface area contributed by atoms with Crippen LogP contribution in [0.4, 0.5) is 0 Å². The number of hydrogen-bond acceptors (Lipinski definition) is 4. The Hall–Kier alpha value is -2.82. The van der Waals surface area contributed by atoms with E-state index >= 15 is 0 Å². The molecule has 2 rings (SSSR count). The highest BCUT2D eigenvalue weighted by atomic mass is 16.5. The predicted molar refractivity (Wildman–Crippen MR) is 91.1 cm³/mol. The molecule has 0 aliphatic rings. The molecule has 126 valence electrons. The second-order valence-corrected chi connectivity index (χ2v) is 5.36. The van der Waals surface area contributed by atoms with E-state index in [4.69, 9.17) is 9.47 Å². The Kier molecular flexibility index (Phi) is 6.37. The zero-order valence-corrected chi connectivity index (χ0v) is 13.8. The second-order valence-electron chi connectivity index (χ2n) is 5.36. The van der Waals surface area contributed by atoms with E-state index in [-0.39, 0.29) is 24.1 Å². The molecule has 5 nitrogen and oxygen atoms in total. The summed E-state index contributed by atoms with van der Waals surface area (Å²) >= 11 is 0. The summed E-state index contributed by atoms with van der Waals surface area (Å²) in [5, 5.41) is 2.74. The lowest BCUT2D eigenvalue weighted by atomic mass is 10.2. The minimum absolute atomic E-state index is 0.0462. The van der Waals surface area contributed by atoms with Gasteiger partial charge in [0.25, 0.3) is 5.91 Å². The van der Waals surface area contributed by atoms with Crippen molar-refractivity contribution in [3.05, 3.63) is 60.2 Å². The van der Waals surface area contributed by atoms with Crippen LogP contribution >= 0.6 is 0 Å². The van der Waals surface area contributed by atoms with Crippen LogP contribution in [0.1, 0.15) is 30.6 Å². The summed E-state index contributed by atoms with van der Waals surface area (Å²) in [5.41, 5.74) is 0.276. The fraction of sp³-hybridized carbons (Fsp3) is 0.263. The van der Waals surface area contributed by atoms with Crippen molar-refractivity contribution < 1.29 is 19.1 Å². The van der Waals surface area contributed by atoms with Gasteiger partial charge in [-0.05, 0) is 37.6 Å². The van der Waals surface area contributed by atoms with Crippen LogP contribution in [-0.2, 0) is 9.53 Å². The molecule has 1 amide bonds. The smallest absolute Gasteiger partial charge is 0.342 e. The molecule has 0 fully saturated rings. The normalized spacial score (nSPS) is 11.4. The quantitative estimate of drug-likeness (QED) is 0.790. The maximum Gasteiger partial charge on any atom is 0.342 e. The molecule has 0 aliphatic carbocycles. The van der Waals surface area contributed by atoms with Gasteiger partial charge in [0.1, 0.15) is 17.1 Å². The van der Waals surface area contributed by atoms with E-state index in [1.807, 2.05) is 32.0 Å². The fourth-order valence-corrected chi connectivity index (χ4v) is 1.97. The van der Waals surface area contributed by atoms with Gasteiger partial charge in [-0.25, -0.2) is 4.79 Å². The average molecular weight is 327 g/mol. The van der Waals surface area contributed by atoms with Gasteiger partial charge in [0.05, 0.1) is 0 Å². The van der Waals surface area contributed by atoms with Crippen LogP contribution in [0, 0.1) is 0 Å². The Morgan fingerprint density at radius 3 is 2.42 bits per heavy atom. The van der Waals surface area contributed by atoms with Crippen molar-refractivity contribution in [3.8, 4) is 11.5 Å². The predicted octanol–water partition coefficient (Wildman–Crippen LogP) is 3.55. The molecule has 2 aromatic carbocycles. The zero-order chi connectivity index (χ0) is 17.4. The maximum atomic E-state index is 12.2. The molecular weight excluding hydrogens is 306 g/mol. The first-order valence-corrected chi connectivity index (χ1v) is 7.88. The van der Waals surface area contributed by atoms with Crippen LogP contribution in [0.5, 0.6) is 11.5 Å². The van der Waals surface area contributed by atoms with Gasteiger partial charge in [0.2, 0.25) is 0 Å². The van der Waals surface area contributed by atoms with Crippen molar-refractivity contribution in [2.75, 3.05) is 6.61 Å². The highest BCUT2D eigenvalue weighted by molar-refractivity contribution is 5.94. The molecule has 0 spiro atoms. The average Bonchev–Trinajstić information content (AvgIpc) is 2.61. The molecule has 0 radical (unpaired) electrons. The molecule has 0 bridgehead atoms. The van der Waals surface area contributed by atoms with Gasteiger partial charge >= 0.3 is 5.97 Å². The number of rotatable bonds is 7. The van der Waals surface area contributed by atoms with E-state index in [0.717, 1.165) is 6.42 Å². The van der Waals surface area contributed by atoms with E-state index in [9.17, 15) is 9.59 Å². The lowest BCUT2D eigenvalue weighted by Gasteiger charge is -2.13. The Labute approximate surface area is 141 Å². The van der Waals surface area contributed by atoms with E-state index < -0.39 is 5.97 Å². The topological polar surface area (TPSA) is 64.6 Å². The number of amides is 1. The SMILES string of the molecule is CC[C@@H](C)NC(=O)COC(=O)c1ccccc1Oc1ccccc1. The summed E-state index contributed by atoms with van der Waals surface area (Å²) in [6, 6.07) is 16.0. The third-order valence-corrected chi connectivity index (χ3v) is 3.43. The maximum absolute atomic E-state index is 12.2. The molecule has 2 aromatic rings. The summed E-state index contributed by atoms with van der Waals surface area (Å²) in [5.74, 6) is 0.0864. The summed E-state index contributed by atoms with van der Waals surface area (Å²) in [6.07, 6.45) is 0.813. The largest absolute Gasteiger partial charge is 0.456 e. The first-order valence-electron chi connectivity index (χ1n) is 7.88. The number of carbonyl (C=O) groups is 2. The fourth-order valence-electron chi connectivity index (χ4n) is 1.97. The lowest BCUT2D eigenvalue weighted by molar-refractivity contribution is -0.124. The van der Waals surface area contributed by atoms with Crippen LogP contribution in [0.3, 0.4) is 0 Å². The van der Waals surface area contributed by atoms with Crippen LogP contribution in [0.2, 0.25) is 0 Å². The lowest BCUT2D eigenvalue weighted by Crippen LogP contribution is -2.35. The number of nitrogens with one attached hydrogen (secondary N) is 1. The van der Waals surface area contributed by atoms with Gasteiger partial charge < -0.3 is 14.8 Å². The summed E-state index contributed by atoms with van der Waals surface area (Å²) in [4.78, 5) is 23.9. The zero-order valence-electron chi connectivity index (χ0n) is 13.8. The first-order chi connectivity index (χ1) is 11.6. The van der Waals surface area contributed by atoms with Crippen molar-refractivity contribution in [3.63, 3.8) is 0 Å². The standard InChI is InChI=1S/C19H21NO4/c1-3-14(2)20-18(21)13-23-19(22)16-11-7-8-12-17(16)24-15-9-5-4-6-10-15/h4-12,14H,3,13H2,1-2H3,(H,20,21)/t14-/m1/s1. The minimum Gasteiger partial charge on any atom is -0.456 e. The molecule has 24 heavy (non-hydrogen) atoms. The van der Waals surface area contributed by atoms with Gasteiger partial charge in [0, 0.05) is 6.04 Å².